The first-order valence-electron chi connectivity index (χ1n) is 4.54. The Kier molecular flexibility index (Phi) is 2.04. The van der Waals surface area contributed by atoms with Gasteiger partial charge in [-0.05, 0) is 12.2 Å². The van der Waals surface area contributed by atoms with Crippen molar-refractivity contribution in [2.24, 2.45) is 0 Å². The second kappa shape index (κ2) is 3.13. The zero-order valence-corrected chi connectivity index (χ0v) is 7.84. The van der Waals surface area contributed by atoms with Crippen LogP contribution in [0.15, 0.2) is 24.3 Å². The largest absolute Gasteiger partial charge is 0.361 e. The number of amides is 2. The average molecular weight is 207 g/mol. The molecule has 1 atom stereocenters. The molecule has 1 heterocycles. The Balaban J connectivity index is 2.41. The summed E-state index contributed by atoms with van der Waals surface area (Å²) in [5.74, 6) is -1.71. The van der Waals surface area contributed by atoms with Crippen LogP contribution in [0.1, 0.15) is 12.8 Å². The fourth-order valence-electron chi connectivity index (χ4n) is 1.68. The molecule has 1 unspecified atom stereocenters. The predicted molar refractivity (Wildman–Crippen MR) is 49.3 cm³/mol. The van der Waals surface area contributed by atoms with Crippen LogP contribution < -0.4 is 0 Å². The van der Waals surface area contributed by atoms with Crippen molar-refractivity contribution in [3.8, 4) is 0 Å². The average Bonchev–Trinajstić information content (AvgIpc) is 2.52. The third kappa shape index (κ3) is 1.32. The van der Waals surface area contributed by atoms with E-state index < -0.39 is 23.3 Å². The third-order valence-electron chi connectivity index (χ3n) is 2.44. The van der Waals surface area contributed by atoms with Gasteiger partial charge in [-0.3, -0.25) is 14.4 Å². The molecule has 15 heavy (non-hydrogen) atoms. The minimum atomic E-state index is -2.11. The summed E-state index contributed by atoms with van der Waals surface area (Å²) in [4.78, 5) is 34.8. The molecule has 0 saturated carbocycles. The van der Waals surface area contributed by atoms with E-state index in [1.807, 2.05) is 0 Å². The Morgan fingerprint density at radius 3 is 2.27 bits per heavy atom. The highest BCUT2D eigenvalue weighted by molar-refractivity contribution is 6.10. The molecule has 0 aromatic rings. The van der Waals surface area contributed by atoms with E-state index in [0.29, 0.717) is 4.90 Å². The van der Waals surface area contributed by atoms with Crippen molar-refractivity contribution in [3.63, 3.8) is 0 Å². The molecule has 1 N–H and O–H groups in total. The summed E-state index contributed by atoms with van der Waals surface area (Å²) in [6.45, 7) is 0. The molecule has 78 valence electrons. The van der Waals surface area contributed by atoms with Gasteiger partial charge in [0.15, 0.2) is 0 Å². The van der Waals surface area contributed by atoms with E-state index in [0.717, 1.165) is 12.2 Å². The number of ketones is 1. The Morgan fingerprint density at radius 2 is 1.73 bits per heavy atom. The molecule has 2 amide bonds. The highest BCUT2D eigenvalue weighted by atomic mass is 16.3. The summed E-state index contributed by atoms with van der Waals surface area (Å²) >= 11 is 0. The standard InChI is InChI=1S/C10H9NO4/c12-7-3-1-2-6-10(7,15)11-8(13)4-5-9(11)14/h1-3,6,15H,4-5H2. The third-order valence-corrected chi connectivity index (χ3v) is 2.44. The van der Waals surface area contributed by atoms with E-state index in [-0.39, 0.29) is 12.8 Å². The van der Waals surface area contributed by atoms with Gasteiger partial charge in [0.2, 0.25) is 23.3 Å². The normalized spacial score (nSPS) is 30.5. The first-order valence-corrected chi connectivity index (χ1v) is 4.54. The molecular weight excluding hydrogens is 198 g/mol. The molecule has 5 nitrogen and oxygen atoms in total. The molecule has 1 aliphatic heterocycles. The maximum Gasteiger partial charge on any atom is 0.232 e. The van der Waals surface area contributed by atoms with Crippen LogP contribution in [0.5, 0.6) is 0 Å². The van der Waals surface area contributed by atoms with Gasteiger partial charge in [0.1, 0.15) is 0 Å². The second-order valence-electron chi connectivity index (χ2n) is 3.43. The van der Waals surface area contributed by atoms with Crippen molar-refractivity contribution in [2.75, 3.05) is 0 Å². The number of imide groups is 1. The van der Waals surface area contributed by atoms with E-state index in [4.69, 9.17) is 0 Å². The Hall–Kier alpha value is -1.75. The summed E-state index contributed by atoms with van der Waals surface area (Å²) < 4.78 is 0. The number of hydrogen-bond acceptors (Lipinski definition) is 4. The number of likely N-dealkylation sites (tertiary alicyclic amines) is 1. The highest BCUT2D eigenvalue weighted by Crippen LogP contribution is 2.26. The zero-order chi connectivity index (χ0) is 11.1. The lowest BCUT2D eigenvalue weighted by Crippen LogP contribution is -2.55. The lowest BCUT2D eigenvalue weighted by molar-refractivity contribution is -0.165. The van der Waals surface area contributed by atoms with E-state index in [1.54, 1.807) is 0 Å². The molecule has 1 saturated heterocycles. The number of rotatable bonds is 1. The van der Waals surface area contributed by atoms with Gasteiger partial charge in [-0.2, -0.15) is 0 Å². The molecule has 0 spiro atoms. The van der Waals surface area contributed by atoms with E-state index in [1.165, 1.54) is 12.2 Å². The molecule has 0 aromatic carbocycles. The van der Waals surface area contributed by atoms with E-state index in [2.05, 4.69) is 0 Å². The smallest absolute Gasteiger partial charge is 0.232 e. The fraction of sp³-hybridized carbons (Fsp3) is 0.300. The van der Waals surface area contributed by atoms with Crippen LogP contribution in [0.4, 0.5) is 0 Å². The van der Waals surface area contributed by atoms with E-state index >= 15 is 0 Å². The Bertz CT molecular complexity index is 394. The maximum atomic E-state index is 11.5. The first-order chi connectivity index (χ1) is 7.05. The number of allylic oxidation sites excluding steroid dienone is 2. The summed E-state index contributed by atoms with van der Waals surface area (Å²) in [6.07, 6.45) is 5.26. The van der Waals surface area contributed by atoms with E-state index in [9.17, 15) is 19.5 Å². The van der Waals surface area contributed by atoms with Gasteiger partial charge in [0.25, 0.3) is 0 Å². The van der Waals surface area contributed by atoms with Crippen LogP contribution in [0.2, 0.25) is 0 Å². The Labute approximate surface area is 85.7 Å². The molecule has 0 bridgehead atoms. The van der Waals surface area contributed by atoms with Gasteiger partial charge in [0.05, 0.1) is 0 Å². The van der Waals surface area contributed by atoms with Crippen molar-refractivity contribution >= 4 is 17.6 Å². The monoisotopic (exact) mass is 207 g/mol. The number of nitrogens with zero attached hydrogens (tertiary/aromatic N) is 1. The maximum absolute atomic E-state index is 11.5. The molecule has 2 aliphatic rings. The predicted octanol–water partition coefficient (Wildman–Crippen LogP) is -0.481. The molecule has 5 heteroatoms. The van der Waals surface area contributed by atoms with Gasteiger partial charge in [-0.1, -0.05) is 12.2 Å². The summed E-state index contributed by atoms with van der Waals surface area (Å²) in [5, 5.41) is 9.98. The van der Waals surface area contributed by atoms with Gasteiger partial charge in [-0.25, -0.2) is 4.90 Å². The number of aliphatic hydroxyl groups is 1. The minimum Gasteiger partial charge on any atom is -0.361 e. The van der Waals surface area contributed by atoms with Gasteiger partial charge >= 0.3 is 0 Å². The molecule has 1 fully saturated rings. The van der Waals surface area contributed by atoms with Crippen LogP contribution in [-0.4, -0.2) is 33.3 Å². The van der Waals surface area contributed by atoms with Gasteiger partial charge in [0, 0.05) is 12.8 Å². The molecular formula is C10H9NO4. The van der Waals surface area contributed by atoms with Gasteiger partial charge < -0.3 is 5.11 Å². The van der Waals surface area contributed by atoms with Crippen molar-refractivity contribution in [3.05, 3.63) is 24.3 Å². The fourth-order valence-corrected chi connectivity index (χ4v) is 1.68. The number of hydrogen-bond donors (Lipinski definition) is 1. The minimum absolute atomic E-state index is 0.0476. The van der Waals surface area contributed by atoms with Crippen molar-refractivity contribution < 1.29 is 19.5 Å². The number of carbonyl (C=O) groups is 3. The summed E-state index contributed by atoms with van der Waals surface area (Å²) in [5.41, 5.74) is -2.11. The second-order valence-corrected chi connectivity index (χ2v) is 3.43. The first kappa shape index (κ1) is 9.79. The van der Waals surface area contributed by atoms with Crippen molar-refractivity contribution in [1.82, 2.24) is 4.90 Å². The van der Waals surface area contributed by atoms with Crippen LogP contribution in [-0.2, 0) is 14.4 Å². The Morgan fingerprint density at radius 1 is 1.13 bits per heavy atom. The number of carbonyl (C=O) groups excluding carboxylic acids is 3. The van der Waals surface area contributed by atoms with Crippen LogP contribution in [0.3, 0.4) is 0 Å². The van der Waals surface area contributed by atoms with Gasteiger partial charge in [-0.15, -0.1) is 0 Å². The van der Waals surface area contributed by atoms with Crippen LogP contribution >= 0.6 is 0 Å². The topological polar surface area (TPSA) is 74.7 Å². The lowest BCUT2D eigenvalue weighted by atomic mass is 10.0. The summed E-state index contributed by atoms with van der Waals surface area (Å²) in [6, 6.07) is 0. The van der Waals surface area contributed by atoms with Crippen LogP contribution in [0, 0.1) is 0 Å². The van der Waals surface area contributed by atoms with Crippen molar-refractivity contribution in [2.45, 2.75) is 18.6 Å². The molecule has 0 radical (unpaired) electrons. The quantitative estimate of drug-likeness (QED) is 0.589. The highest BCUT2D eigenvalue weighted by Gasteiger charge is 2.48. The molecule has 2 rings (SSSR count). The van der Waals surface area contributed by atoms with Crippen LogP contribution in [0.25, 0.3) is 0 Å². The SMILES string of the molecule is O=C1CCC(=O)N1C1(O)C=CC=CC1=O. The zero-order valence-electron chi connectivity index (χ0n) is 7.84. The molecule has 1 aliphatic carbocycles. The van der Waals surface area contributed by atoms with Crippen molar-refractivity contribution in [1.29, 1.82) is 0 Å². The summed E-state index contributed by atoms with van der Waals surface area (Å²) in [7, 11) is 0. The molecule has 0 aromatic heterocycles. The lowest BCUT2D eigenvalue weighted by Gasteiger charge is -2.31.